The molecule has 2 aliphatic rings. The summed E-state index contributed by atoms with van der Waals surface area (Å²) in [7, 11) is 0. The number of carbonyl (C=O) groups excluding carboxylic acids is 2. The van der Waals surface area contributed by atoms with Crippen LogP contribution in [0.1, 0.15) is 47.0 Å². The summed E-state index contributed by atoms with van der Waals surface area (Å²) in [5.41, 5.74) is -0.730. The highest BCUT2D eigenvalue weighted by Gasteiger charge is 2.47. The molecule has 2 aliphatic heterocycles. The predicted octanol–water partition coefficient (Wildman–Crippen LogP) is 1.23. The molecule has 0 aromatic carbocycles. The van der Waals surface area contributed by atoms with Crippen molar-refractivity contribution in [2.24, 2.45) is 5.92 Å². The van der Waals surface area contributed by atoms with Gasteiger partial charge in [-0.2, -0.15) is 0 Å². The molecule has 2 fully saturated rings. The summed E-state index contributed by atoms with van der Waals surface area (Å²) in [5, 5.41) is 2.93. The van der Waals surface area contributed by atoms with Gasteiger partial charge in [-0.1, -0.05) is 20.8 Å². The largest absolute Gasteiger partial charge is 0.340 e. The minimum absolute atomic E-state index is 0.00629. The molecule has 3 unspecified atom stereocenters. The number of amides is 2. The number of nitrogens with one attached hydrogen (secondary N) is 1. The summed E-state index contributed by atoms with van der Waals surface area (Å²) in [6.07, 6.45) is 2.44. The highest BCUT2D eigenvalue weighted by molar-refractivity contribution is 5.99. The van der Waals surface area contributed by atoms with Crippen LogP contribution in [-0.4, -0.2) is 59.4 Å². The number of likely N-dealkylation sites (tertiary alicyclic amines) is 1. The van der Waals surface area contributed by atoms with Crippen molar-refractivity contribution in [2.45, 2.75) is 58.5 Å². The van der Waals surface area contributed by atoms with Crippen molar-refractivity contribution in [2.75, 3.05) is 26.2 Å². The van der Waals surface area contributed by atoms with Gasteiger partial charge in [0.05, 0.1) is 0 Å². The Balaban J connectivity index is 2.13. The lowest BCUT2D eigenvalue weighted by Gasteiger charge is -2.44. The van der Waals surface area contributed by atoms with Crippen molar-refractivity contribution < 1.29 is 9.59 Å². The van der Waals surface area contributed by atoms with E-state index in [9.17, 15) is 9.59 Å². The van der Waals surface area contributed by atoms with Crippen molar-refractivity contribution in [1.82, 2.24) is 15.1 Å². The smallest absolute Gasteiger partial charge is 0.248 e. The second-order valence-corrected chi connectivity index (χ2v) is 6.60. The molecule has 120 valence electrons. The molecule has 3 atom stereocenters. The van der Waals surface area contributed by atoms with Crippen LogP contribution in [0, 0.1) is 5.92 Å². The first kappa shape index (κ1) is 16.3. The van der Waals surface area contributed by atoms with Gasteiger partial charge in [0.15, 0.2) is 0 Å². The fourth-order valence-electron chi connectivity index (χ4n) is 3.49. The van der Waals surface area contributed by atoms with Gasteiger partial charge >= 0.3 is 0 Å². The standard InChI is InChI=1S/C16H29N3O2/c1-5-13-14(20)17-16(4,6-2)15(21)19(13)11-12-8-9-18(7-3)10-12/h12-13H,5-11H2,1-4H3,(H,17,20). The maximum atomic E-state index is 12.8. The fourth-order valence-corrected chi connectivity index (χ4v) is 3.49. The molecular weight excluding hydrogens is 266 g/mol. The first-order valence-electron chi connectivity index (χ1n) is 8.30. The molecule has 21 heavy (non-hydrogen) atoms. The molecule has 1 N–H and O–H groups in total. The van der Waals surface area contributed by atoms with Crippen LogP contribution in [0.5, 0.6) is 0 Å². The Hall–Kier alpha value is -1.10. The normalized spacial score (nSPS) is 34.4. The van der Waals surface area contributed by atoms with Gasteiger partial charge in [-0.3, -0.25) is 9.59 Å². The molecular formula is C16H29N3O2. The Morgan fingerprint density at radius 2 is 2.00 bits per heavy atom. The molecule has 0 bridgehead atoms. The molecule has 0 saturated carbocycles. The summed E-state index contributed by atoms with van der Waals surface area (Å²) < 4.78 is 0. The van der Waals surface area contributed by atoms with Crippen LogP contribution >= 0.6 is 0 Å². The van der Waals surface area contributed by atoms with Crippen LogP contribution in [0.25, 0.3) is 0 Å². The second kappa shape index (κ2) is 6.34. The van der Waals surface area contributed by atoms with E-state index in [4.69, 9.17) is 0 Å². The molecule has 2 saturated heterocycles. The maximum Gasteiger partial charge on any atom is 0.248 e. The number of hydrogen-bond donors (Lipinski definition) is 1. The van der Waals surface area contributed by atoms with E-state index in [1.54, 1.807) is 0 Å². The monoisotopic (exact) mass is 295 g/mol. The highest BCUT2D eigenvalue weighted by Crippen LogP contribution is 2.26. The van der Waals surface area contributed by atoms with E-state index >= 15 is 0 Å². The van der Waals surface area contributed by atoms with E-state index < -0.39 is 5.54 Å². The van der Waals surface area contributed by atoms with Crippen LogP contribution in [0.3, 0.4) is 0 Å². The number of carbonyl (C=O) groups is 2. The quantitative estimate of drug-likeness (QED) is 0.830. The molecule has 0 radical (unpaired) electrons. The van der Waals surface area contributed by atoms with Gasteiger partial charge in [0.1, 0.15) is 11.6 Å². The summed E-state index contributed by atoms with van der Waals surface area (Å²) >= 11 is 0. The van der Waals surface area contributed by atoms with Crippen molar-refractivity contribution in [1.29, 1.82) is 0 Å². The average Bonchev–Trinajstić information content (AvgIpc) is 2.92. The van der Waals surface area contributed by atoms with E-state index in [0.29, 0.717) is 18.8 Å². The van der Waals surface area contributed by atoms with E-state index in [0.717, 1.165) is 32.6 Å². The molecule has 2 amide bonds. The van der Waals surface area contributed by atoms with Crippen LogP contribution in [0.4, 0.5) is 0 Å². The third-order valence-electron chi connectivity index (χ3n) is 5.18. The highest BCUT2D eigenvalue weighted by atomic mass is 16.2. The SMILES string of the molecule is CCC1C(=O)NC(C)(CC)C(=O)N1CC1CCN(CC)C1. The third-order valence-corrected chi connectivity index (χ3v) is 5.18. The summed E-state index contributed by atoms with van der Waals surface area (Å²) in [6.45, 7) is 11.9. The van der Waals surface area contributed by atoms with Crippen LogP contribution < -0.4 is 5.32 Å². The predicted molar refractivity (Wildman–Crippen MR) is 82.9 cm³/mol. The lowest BCUT2D eigenvalue weighted by molar-refractivity contribution is -0.155. The van der Waals surface area contributed by atoms with Crippen molar-refractivity contribution in [3.63, 3.8) is 0 Å². The van der Waals surface area contributed by atoms with Crippen LogP contribution in [0.2, 0.25) is 0 Å². The van der Waals surface area contributed by atoms with Crippen LogP contribution in [0.15, 0.2) is 0 Å². The topological polar surface area (TPSA) is 52.7 Å². The van der Waals surface area contributed by atoms with E-state index in [1.165, 1.54) is 0 Å². The maximum absolute atomic E-state index is 12.8. The zero-order valence-electron chi connectivity index (χ0n) is 13.8. The Labute approximate surface area is 128 Å². The van der Waals surface area contributed by atoms with Crippen molar-refractivity contribution in [3.8, 4) is 0 Å². The zero-order chi connectivity index (χ0) is 15.6. The van der Waals surface area contributed by atoms with Gasteiger partial charge in [-0.05, 0) is 45.2 Å². The Morgan fingerprint density at radius 1 is 1.29 bits per heavy atom. The summed E-state index contributed by atoms with van der Waals surface area (Å²) in [4.78, 5) is 29.4. The van der Waals surface area contributed by atoms with Gasteiger partial charge in [-0.25, -0.2) is 0 Å². The lowest BCUT2D eigenvalue weighted by Crippen LogP contribution is -2.69. The first-order chi connectivity index (χ1) is 9.95. The molecule has 0 spiro atoms. The molecule has 0 aromatic rings. The fraction of sp³-hybridized carbons (Fsp3) is 0.875. The van der Waals surface area contributed by atoms with Gasteiger partial charge in [0.25, 0.3) is 0 Å². The Kier molecular flexibility index (Phi) is 4.91. The van der Waals surface area contributed by atoms with Gasteiger partial charge in [0.2, 0.25) is 11.8 Å². The summed E-state index contributed by atoms with van der Waals surface area (Å²) in [6, 6.07) is -0.298. The molecule has 0 aliphatic carbocycles. The Bertz CT molecular complexity index is 412. The van der Waals surface area contributed by atoms with E-state index in [2.05, 4.69) is 17.1 Å². The van der Waals surface area contributed by atoms with Gasteiger partial charge < -0.3 is 15.1 Å². The summed E-state index contributed by atoms with van der Waals surface area (Å²) in [5.74, 6) is 0.591. The van der Waals surface area contributed by atoms with E-state index in [-0.39, 0.29) is 17.9 Å². The number of nitrogens with zero attached hydrogens (tertiary/aromatic N) is 2. The minimum Gasteiger partial charge on any atom is -0.340 e. The molecule has 5 heteroatoms. The van der Waals surface area contributed by atoms with E-state index in [1.807, 2.05) is 25.7 Å². The Morgan fingerprint density at radius 3 is 2.52 bits per heavy atom. The lowest BCUT2D eigenvalue weighted by atomic mass is 9.90. The zero-order valence-corrected chi connectivity index (χ0v) is 13.8. The number of hydrogen-bond acceptors (Lipinski definition) is 3. The molecule has 5 nitrogen and oxygen atoms in total. The number of piperazine rings is 1. The third kappa shape index (κ3) is 3.07. The first-order valence-corrected chi connectivity index (χ1v) is 8.30. The molecule has 0 aromatic heterocycles. The molecule has 2 rings (SSSR count). The minimum atomic E-state index is -0.730. The second-order valence-electron chi connectivity index (χ2n) is 6.60. The molecule has 2 heterocycles. The van der Waals surface area contributed by atoms with Gasteiger partial charge in [0, 0.05) is 13.1 Å². The van der Waals surface area contributed by atoms with Crippen molar-refractivity contribution >= 4 is 11.8 Å². The average molecular weight is 295 g/mol. The van der Waals surface area contributed by atoms with Crippen LogP contribution in [-0.2, 0) is 9.59 Å². The van der Waals surface area contributed by atoms with Gasteiger partial charge in [-0.15, -0.1) is 0 Å². The van der Waals surface area contributed by atoms with Crippen molar-refractivity contribution in [3.05, 3.63) is 0 Å². The number of rotatable bonds is 5.